The van der Waals surface area contributed by atoms with Gasteiger partial charge in [0.15, 0.2) is 11.4 Å². The van der Waals surface area contributed by atoms with Crippen LogP contribution in [-0.2, 0) is 122 Å². The Labute approximate surface area is 823 Å². The van der Waals surface area contributed by atoms with Gasteiger partial charge in [-0.2, -0.15) is 0 Å². The standard InChI is InChI=1S/C95H131N21O25S/c1-10-13-24-72-88(135)104-63(31-32-79(124)125)85(132)109-70(84(131)101-44-77(122)102-62(20-12-3)81(98)128)49-142-50-78(123)103-65(36-53-27-29-57(118)30-28-53)89(136)111(7)52(6)82(129)105-67(41-76(97)121)92(139)116-34-19-33-95(116,99)94(141)110-68(42-96)86(133)106-64(35-51(4)5)91(138)115-46-58(119)40-74(115)75(120)39-54(37-55-43-100-61-23-17-15-21-59(55)61)83(130)108-69(48-117)87(134)107-66(90(137)113(9)73(25-14-11-2)93(140)112(72)8)38-56-45-114(47-80(126)127)71-26-18-16-22-60(56)71/h3,15-18,21-23,26-30,43,45,51-52,54,58,62-70,72-74,100,117-119H,10-11,13-14,19-20,24-25,31-42,44,46-50,96,99H2,1-2,4-9H3,(H2,97,121)(H2,98,128)(H,101,131)(H,102,122)(H,103,123)(H,104,135)(H,105,129)(H,106,133)(H,107,134)(H,108,130)(H,109,132)(H,110,141)(H,124,125)(H,126,127)/t52-,54+,58+,62-,63-,64-,65-,66-,67-,68-,69-,70-,72-,73-,74-,95-/m0/s1. The highest BCUT2D eigenvalue weighted by molar-refractivity contribution is 8.00. The number of thioether (sulfide) groups is 1. The van der Waals surface area contributed by atoms with E-state index in [1.807, 2.05) is 0 Å². The number of aromatic nitrogens is 2. The van der Waals surface area contributed by atoms with Crippen molar-refractivity contribution in [3.8, 4) is 18.1 Å². The molecule has 0 saturated carbocycles. The number of aromatic hydroxyl groups is 1. The van der Waals surface area contributed by atoms with E-state index in [1.54, 1.807) is 82.4 Å². The number of primary amides is 2. The molecular weight excluding hydrogens is 1870 g/mol. The fourth-order valence-electron chi connectivity index (χ4n) is 17.3. The van der Waals surface area contributed by atoms with Crippen LogP contribution in [-0.4, -0.2) is 333 Å². The van der Waals surface area contributed by atoms with Crippen molar-refractivity contribution < 1.29 is 121 Å². The quantitative estimate of drug-likeness (QED) is 0.0204. The predicted octanol–water partition coefficient (Wildman–Crippen LogP) is -3.89. The Kier molecular flexibility index (Phi) is 42.2. The van der Waals surface area contributed by atoms with Crippen LogP contribution in [0.25, 0.3) is 21.8 Å². The maximum Gasteiger partial charge on any atom is 0.323 e. The number of amides is 17. The number of aliphatic carboxylic acids is 2. The number of rotatable bonds is 29. The number of nitrogens with one attached hydrogen (secondary N) is 11. The largest absolute Gasteiger partial charge is 0.508 e. The number of benzene rings is 3. The molecule has 5 heterocycles. The molecule has 46 nitrogen and oxygen atoms in total. The number of hydrogen-bond acceptors (Lipinski definition) is 26. The molecule has 0 radical (unpaired) electrons. The van der Waals surface area contributed by atoms with Crippen LogP contribution in [0.1, 0.15) is 148 Å². The summed E-state index contributed by atoms with van der Waals surface area (Å²) >= 11 is 0.635. The highest BCUT2D eigenvalue weighted by Crippen LogP contribution is 2.32. The summed E-state index contributed by atoms with van der Waals surface area (Å²) in [6.45, 7) is 4.00. The monoisotopic (exact) mass is 2000 g/mol. The lowest BCUT2D eigenvalue weighted by atomic mass is 9.90. The van der Waals surface area contributed by atoms with Gasteiger partial charge in [-0.05, 0) is 98.7 Å². The number of terminal acetylenes is 1. The molecule has 3 aliphatic rings. The van der Waals surface area contributed by atoms with Gasteiger partial charge in [0.2, 0.25) is 94.5 Å². The van der Waals surface area contributed by atoms with Gasteiger partial charge in [-0.25, -0.2) is 0 Å². The first-order valence-electron chi connectivity index (χ1n) is 46.9. The first kappa shape index (κ1) is 113. The summed E-state index contributed by atoms with van der Waals surface area (Å²) in [5, 5.41) is 79.2. The number of carbonyl (C=O) groups excluding carboxylic acids is 18. The molecule has 3 saturated heterocycles. The summed E-state index contributed by atoms with van der Waals surface area (Å²) < 4.78 is 1.38. The maximum absolute atomic E-state index is 15.9. The molecule has 3 aromatic carbocycles. The first-order valence-corrected chi connectivity index (χ1v) is 48.1. The average molecular weight is 2000 g/mol. The molecule has 0 bridgehead atoms. The fourth-order valence-corrected chi connectivity index (χ4v) is 18.2. The molecule has 47 heteroatoms. The number of carbonyl (C=O) groups is 20. The number of fused-ring (bicyclic) bond motifs is 4. The molecule has 0 spiro atoms. The van der Waals surface area contributed by atoms with Crippen LogP contribution in [0.4, 0.5) is 0 Å². The van der Waals surface area contributed by atoms with Gasteiger partial charge in [-0.1, -0.05) is 102 Å². The number of phenols is 1. The Bertz CT molecular complexity index is 5490. The summed E-state index contributed by atoms with van der Waals surface area (Å²) in [7, 11) is 3.63. The minimum atomic E-state index is -2.38. The summed E-state index contributed by atoms with van der Waals surface area (Å²) in [4.78, 5) is 297. The summed E-state index contributed by atoms with van der Waals surface area (Å²) in [5.74, 6) is -22.9. The van der Waals surface area contributed by atoms with Crippen LogP contribution in [0.2, 0.25) is 0 Å². The molecule has 3 fully saturated rings. The number of hydrogen-bond donors (Lipinski definition) is 20. The SMILES string of the molecule is C#CC[C@H](NC(=O)CNC(=O)[C@@H]1CSCC(=O)N[C@@H](Cc2ccc(O)cc2)C(=O)N(C)[C@@H](C)C(=O)N[C@@H](CC(N)=O)C(=O)N2CCC[C@@]2(N)C(=O)N[C@@H](CN)C(=O)N[C@@H](CC(C)C)C(=O)N2C[C@H](O)C[C@H]2C(=O)C[C@@H](Cc2c[nH]c3ccccc23)C(=O)N[C@@H](CO)C(=O)N[C@@H](Cc2cn(CC(=O)O)c3ccccc23)C(=O)N(C)[C@@H](CCCC)C(=O)N(C)[C@@H](CCCC)C(=O)N[C@@H](CCC(=O)O)C(=O)N1)C(N)=O. The van der Waals surface area contributed by atoms with E-state index < -0.39 is 303 Å². The second kappa shape index (κ2) is 52.9. The Hall–Kier alpha value is -14.1. The third-order valence-electron chi connectivity index (χ3n) is 25.3. The molecule has 8 rings (SSSR count). The Balaban J connectivity index is 1.22. The molecule has 772 valence electrons. The van der Waals surface area contributed by atoms with Crippen LogP contribution in [0.15, 0.2) is 85.2 Å². The van der Waals surface area contributed by atoms with E-state index in [0.717, 1.165) is 31.5 Å². The molecule has 24 N–H and O–H groups in total. The smallest absolute Gasteiger partial charge is 0.323 e. The predicted molar refractivity (Wildman–Crippen MR) is 515 cm³/mol. The lowest BCUT2D eigenvalue weighted by Crippen LogP contribution is -2.69. The molecular formula is C95H131N21O25S. The van der Waals surface area contributed by atoms with E-state index in [4.69, 9.17) is 29.4 Å². The van der Waals surface area contributed by atoms with Gasteiger partial charge in [0.1, 0.15) is 84.8 Å². The third kappa shape index (κ3) is 30.7. The second-order valence-corrected chi connectivity index (χ2v) is 37.3. The second-order valence-electron chi connectivity index (χ2n) is 36.3. The minimum Gasteiger partial charge on any atom is -0.508 e. The number of unbranched alkanes of at least 4 members (excludes halogenated alkanes) is 2. The van der Waals surface area contributed by atoms with Crippen molar-refractivity contribution in [3.63, 3.8) is 0 Å². The third-order valence-corrected chi connectivity index (χ3v) is 26.3. The number of ketones is 1. The molecule has 2 aromatic heterocycles. The van der Waals surface area contributed by atoms with Crippen LogP contribution in [0, 0.1) is 24.2 Å². The van der Waals surface area contributed by atoms with Gasteiger partial charge >= 0.3 is 11.9 Å². The maximum atomic E-state index is 15.9. The van der Waals surface area contributed by atoms with E-state index in [-0.39, 0.29) is 82.1 Å². The number of aliphatic hydroxyl groups excluding tert-OH is 2. The van der Waals surface area contributed by atoms with Gasteiger partial charge < -0.3 is 136 Å². The number of carboxylic acids is 2. The number of aromatic amines is 1. The number of likely N-dealkylation sites (N-methyl/N-ethyl adjacent to an activating group) is 3. The van der Waals surface area contributed by atoms with Crippen LogP contribution in [0.5, 0.6) is 5.75 Å². The van der Waals surface area contributed by atoms with Crippen LogP contribution < -0.4 is 76.1 Å². The lowest BCUT2D eigenvalue weighted by molar-refractivity contribution is -0.149. The van der Waals surface area contributed by atoms with Gasteiger partial charge in [0.05, 0.1) is 37.5 Å². The van der Waals surface area contributed by atoms with Crippen molar-refractivity contribution in [2.45, 2.75) is 247 Å². The van der Waals surface area contributed by atoms with Crippen molar-refractivity contribution in [1.29, 1.82) is 0 Å². The Morgan fingerprint density at radius 3 is 1.89 bits per heavy atom. The summed E-state index contributed by atoms with van der Waals surface area (Å²) in [6.07, 6.45) is 2.46. The van der Waals surface area contributed by atoms with Gasteiger partial charge in [-0.3, -0.25) is 95.9 Å². The van der Waals surface area contributed by atoms with E-state index in [1.165, 1.54) is 56.0 Å². The number of aliphatic hydroxyl groups is 2. The van der Waals surface area contributed by atoms with E-state index in [0.29, 0.717) is 57.5 Å². The van der Waals surface area contributed by atoms with Gasteiger partial charge in [0.25, 0.3) is 5.91 Å². The zero-order valence-corrected chi connectivity index (χ0v) is 81.4. The highest BCUT2D eigenvalue weighted by Gasteiger charge is 2.51. The van der Waals surface area contributed by atoms with E-state index >= 15 is 33.6 Å². The highest BCUT2D eigenvalue weighted by atomic mass is 32.2. The number of Topliss-reactive ketones (excluding diaryl/α,β-unsaturated/α-hetero) is 1. The van der Waals surface area contributed by atoms with E-state index in [2.05, 4.69) is 64.1 Å². The normalized spacial score (nSPS) is 24.8. The molecule has 142 heavy (non-hydrogen) atoms. The number of carboxylic acid groups (broad SMARTS) is 2. The Morgan fingerprint density at radius 1 is 0.648 bits per heavy atom. The molecule has 16 atom stereocenters. The Morgan fingerprint density at radius 2 is 1.25 bits per heavy atom. The zero-order valence-electron chi connectivity index (χ0n) is 80.6. The van der Waals surface area contributed by atoms with Crippen LogP contribution in [0.3, 0.4) is 0 Å². The van der Waals surface area contributed by atoms with E-state index in [9.17, 15) is 87.9 Å². The molecule has 0 aliphatic carbocycles. The molecule has 5 aromatic rings. The lowest BCUT2D eigenvalue weighted by Gasteiger charge is -2.37. The van der Waals surface area contributed by atoms with Crippen molar-refractivity contribution in [3.05, 3.63) is 102 Å². The topological polar surface area (TPSA) is 704 Å². The molecule has 0 unspecified atom stereocenters. The number of H-pyrrole nitrogens is 1. The van der Waals surface area contributed by atoms with Crippen molar-refractivity contribution in [1.82, 2.24) is 87.2 Å². The van der Waals surface area contributed by atoms with Crippen molar-refractivity contribution >= 4 is 152 Å². The van der Waals surface area contributed by atoms with Crippen molar-refractivity contribution in [2.24, 2.45) is 34.8 Å². The molecule has 17 amide bonds. The van der Waals surface area contributed by atoms with Gasteiger partial charge in [0, 0.05) is 125 Å². The summed E-state index contributed by atoms with van der Waals surface area (Å²) in [5.41, 5.74) is 23.9. The average Bonchev–Trinajstić information content (AvgIpc) is 1.62. The molecule has 3 aliphatic heterocycles. The number of phenolic OH excluding ortho intramolecular Hbond substituents is 1. The zero-order chi connectivity index (χ0) is 105. The number of nitrogens with zero attached hydrogens (tertiary/aromatic N) is 6. The first-order chi connectivity index (χ1) is 67.3. The minimum absolute atomic E-state index is 0.00797. The van der Waals surface area contributed by atoms with Crippen molar-refractivity contribution in [2.75, 3.05) is 65.4 Å². The number of para-hydroxylation sites is 2. The number of nitrogens with two attached hydrogens (primary N) is 4. The van der Waals surface area contributed by atoms with Crippen LogP contribution >= 0.6 is 11.8 Å². The van der Waals surface area contributed by atoms with Gasteiger partial charge in [-0.15, -0.1) is 24.1 Å². The summed E-state index contributed by atoms with van der Waals surface area (Å²) in [6, 6.07) is -3.18. The fraction of sp³-hybridized carbons (Fsp3) is 0.537.